The van der Waals surface area contributed by atoms with Gasteiger partial charge in [0.2, 0.25) is 5.44 Å². The molecule has 0 fully saturated rings. The van der Waals surface area contributed by atoms with Crippen molar-refractivity contribution in [3.05, 3.63) is 0 Å². The third-order valence-corrected chi connectivity index (χ3v) is 2.58. The molecule has 2 N–H and O–H groups in total. The number of ether oxygens (including phenoxy) is 1. The molecule has 82 valence electrons. The molecule has 0 aliphatic carbocycles. The van der Waals surface area contributed by atoms with E-state index in [1.807, 2.05) is 6.92 Å². The summed E-state index contributed by atoms with van der Waals surface area (Å²) in [6, 6.07) is 0. The van der Waals surface area contributed by atoms with Gasteiger partial charge in [-0.15, -0.1) is 0 Å². The molecule has 5 nitrogen and oxygen atoms in total. The Bertz CT molecular complexity index is 226. The molecule has 0 aliphatic rings. The van der Waals surface area contributed by atoms with E-state index in [0.717, 1.165) is 6.42 Å². The van der Waals surface area contributed by atoms with Gasteiger partial charge in [0.15, 0.2) is 0 Å². The standard InChI is InChI=1S/C7H16O5S.Na.H/c1-3-4-5-12-7(6(2)8)13(9,10)11;;/h6-8H,3-5H2,1-2H3,(H,9,10,11);;. The molecule has 2 atom stereocenters. The fourth-order valence-electron chi connectivity index (χ4n) is 0.818. The summed E-state index contributed by atoms with van der Waals surface area (Å²) in [4.78, 5) is 0. The van der Waals surface area contributed by atoms with E-state index in [0.29, 0.717) is 6.42 Å². The van der Waals surface area contributed by atoms with E-state index in [1.165, 1.54) is 6.92 Å². The van der Waals surface area contributed by atoms with Crippen molar-refractivity contribution < 1.29 is 22.8 Å². The van der Waals surface area contributed by atoms with Crippen LogP contribution in [0.5, 0.6) is 0 Å². The van der Waals surface area contributed by atoms with E-state index < -0.39 is 21.7 Å². The van der Waals surface area contributed by atoms with Crippen molar-refractivity contribution in [2.75, 3.05) is 6.61 Å². The fourth-order valence-corrected chi connectivity index (χ4v) is 1.58. The van der Waals surface area contributed by atoms with Crippen LogP contribution in [-0.4, -0.2) is 65.8 Å². The van der Waals surface area contributed by atoms with E-state index in [2.05, 4.69) is 0 Å². The van der Waals surface area contributed by atoms with Crippen LogP contribution < -0.4 is 0 Å². The van der Waals surface area contributed by atoms with Crippen molar-refractivity contribution in [3.8, 4) is 0 Å². The second-order valence-electron chi connectivity index (χ2n) is 2.85. The van der Waals surface area contributed by atoms with E-state index in [4.69, 9.17) is 14.4 Å². The maximum absolute atomic E-state index is 10.6. The van der Waals surface area contributed by atoms with Crippen molar-refractivity contribution in [2.45, 2.75) is 38.2 Å². The first kappa shape index (κ1) is 17.2. The molecule has 14 heavy (non-hydrogen) atoms. The van der Waals surface area contributed by atoms with Gasteiger partial charge in [0.25, 0.3) is 10.1 Å². The SMILES string of the molecule is CCCCOC(C(C)O)S(=O)(=O)O.[NaH]. The number of aliphatic hydroxyl groups excluding tert-OH is 1. The van der Waals surface area contributed by atoms with Gasteiger partial charge in [-0.05, 0) is 13.3 Å². The Kier molecular flexibility index (Phi) is 9.89. The summed E-state index contributed by atoms with van der Waals surface area (Å²) >= 11 is 0. The monoisotopic (exact) mass is 236 g/mol. The van der Waals surface area contributed by atoms with Crippen LogP contribution in [0.2, 0.25) is 0 Å². The summed E-state index contributed by atoms with van der Waals surface area (Å²) in [5, 5.41) is 8.98. The van der Waals surface area contributed by atoms with Crippen molar-refractivity contribution >= 4 is 39.7 Å². The van der Waals surface area contributed by atoms with Gasteiger partial charge in [0, 0.05) is 6.61 Å². The zero-order valence-corrected chi connectivity index (χ0v) is 8.62. The Morgan fingerprint density at radius 2 is 1.93 bits per heavy atom. The first-order valence-electron chi connectivity index (χ1n) is 4.15. The molecule has 0 aromatic rings. The zero-order valence-electron chi connectivity index (χ0n) is 7.80. The van der Waals surface area contributed by atoms with Crippen molar-refractivity contribution in [3.63, 3.8) is 0 Å². The average molecular weight is 236 g/mol. The molecule has 0 aromatic heterocycles. The number of hydrogen-bond acceptors (Lipinski definition) is 4. The normalized spacial score (nSPS) is 15.7. The Hall–Kier alpha value is 0.830. The first-order chi connectivity index (χ1) is 5.89. The molecule has 7 heteroatoms. The van der Waals surface area contributed by atoms with Crippen LogP contribution in [0, 0.1) is 0 Å². The van der Waals surface area contributed by atoms with Gasteiger partial charge in [-0.2, -0.15) is 8.42 Å². The summed E-state index contributed by atoms with van der Waals surface area (Å²) in [5.41, 5.74) is -1.53. The molecule has 0 amide bonds. The molecular formula is C7H17NaO5S. The second-order valence-corrected chi connectivity index (χ2v) is 4.34. The summed E-state index contributed by atoms with van der Waals surface area (Å²) in [7, 11) is -4.32. The molecule has 0 radical (unpaired) electrons. The quantitative estimate of drug-likeness (QED) is 0.377. The Morgan fingerprint density at radius 3 is 2.21 bits per heavy atom. The third-order valence-electron chi connectivity index (χ3n) is 1.47. The summed E-state index contributed by atoms with van der Waals surface area (Å²) in [5.74, 6) is 0. The molecule has 0 aromatic carbocycles. The molecule has 0 spiro atoms. The van der Waals surface area contributed by atoms with Crippen LogP contribution >= 0.6 is 0 Å². The summed E-state index contributed by atoms with van der Waals surface area (Å²) < 4.78 is 34.7. The van der Waals surface area contributed by atoms with Gasteiger partial charge in [0.05, 0.1) is 6.10 Å². The predicted molar refractivity (Wildman–Crippen MR) is 55.0 cm³/mol. The summed E-state index contributed by atoms with van der Waals surface area (Å²) in [6.45, 7) is 3.39. The van der Waals surface area contributed by atoms with Crippen molar-refractivity contribution in [1.82, 2.24) is 0 Å². The van der Waals surface area contributed by atoms with Crippen LogP contribution in [0.1, 0.15) is 26.7 Å². The predicted octanol–water partition coefficient (Wildman–Crippen LogP) is -0.251. The van der Waals surface area contributed by atoms with Crippen LogP contribution in [0.3, 0.4) is 0 Å². The van der Waals surface area contributed by atoms with Crippen LogP contribution in [0.4, 0.5) is 0 Å². The topological polar surface area (TPSA) is 83.8 Å². The van der Waals surface area contributed by atoms with Gasteiger partial charge in [0.1, 0.15) is 0 Å². The zero-order chi connectivity index (χ0) is 10.5. The molecule has 0 aliphatic heterocycles. The van der Waals surface area contributed by atoms with Gasteiger partial charge in [-0.1, -0.05) is 13.3 Å². The number of aliphatic hydroxyl groups is 1. The van der Waals surface area contributed by atoms with Crippen LogP contribution in [0.15, 0.2) is 0 Å². The Labute approximate surface area is 107 Å². The van der Waals surface area contributed by atoms with Gasteiger partial charge >= 0.3 is 29.6 Å². The minimum atomic E-state index is -4.32. The molecule has 2 unspecified atom stereocenters. The Balaban J connectivity index is 0. The van der Waals surface area contributed by atoms with E-state index in [9.17, 15) is 8.42 Å². The second kappa shape index (κ2) is 8.04. The molecule has 0 saturated heterocycles. The molecule has 0 rings (SSSR count). The third kappa shape index (κ3) is 7.17. The van der Waals surface area contributed by atoms with Gasteiger partial charge < -0.3 is 9.84 Å². The molecule has 0 saturated carbocycles. The number of rotatable bonds is 6. The van der Waals surface area contributed by atoms with E-state index in [1.54, 1.807) is 0 Å². The van der Waals surface area contributed by atoms with Crippen molar-refractivity contribution in [1.29, 1.82) is 0 Å². The van der Waals surface area contributed by atoms with Crippen molar-refractivity contribution in [2.24, 2.45) is 0 Å². The molecular weight excluding hydrogens is 219 g/mol. The Morgan fingerprint density at radius 1 is 1.43 bits per heavy atom. The molecule has 0 bridgehead atoms. The van der Waals surface area contributed by atoms with Crippen LogP contribution in [-0.2, 0) is 14.9 Å². The van der Waals surface area contributed by atoms with Crippen LogP contribution in [0.25, 0.3) is 0 Å². The van der Waals surface area contributed by atoms with E-state index >= 15 is 0 Å². The van der Waals surface area contributed by atoms with Gasteiger partial charge in [-0.3, -0.25) is 4.55 Å². The molecule has 0 heterocycles. The first-order valence-corrected chi connectivity index (χ1v) is 5.66. The number of hydrogen-bond donors (Lipinski definition) is 2. The van der Waals surface area contributed by atoms with Gasteiger partial charge in [-0.25, -0.2) is 0 Å². The van der Waals surface area contributed by atoms with E-state index in [-0.39, 0.29) is 36.2 Å². The maximum atomic E-state index is 10.6. The minimum absolute atomic E-state index is 0. The summed E-state index contributed by atoms with van der Waals surface area (Å²) in [6.07, 6.45) is 0.323. The average Bonchev–Trinajstić information content (AvgIpc) is 1.94. The number of unbranched alkanes of at least 4 members (excludes halogenated alkanes) is 1. The fraction of sp³-hybridized carbons (Fsp3) is 1.00.